The van der Waals surface area contributed by atoms with Crippen molar-refractivity contribution in [3.63, 3.8) is 0 Å². The highest BCUT2D eigenvalue weighted by molar-refractivity contribution is 6.01. The van der Waals surface area contributed by atoms with Crippen molar-refractivity contribution in [2.45, 2.75) is 26.3 Å². The number of amides is 1. The van der Waals surface area contributed by atoms with Gasteiger partial charge in [0, 0.05) is 6.04 Å². The van der Waals surface area contributed by atoms with Gasteiger partial charge in [-0.25, -0.2) is 0 Å². The molecule has 2 rings (SSSR count). The highest BCUT2D eigenvalue weighted by Gasteiger charge is 2.13. The summed E-state index contributed by atoms with van der Waals surface area (Å²) in [5.74, 6) is -0.206. The molecule has 0 radical (unpaired) electrons. The molecule has 0 fully saturated rings. The summed E-state index contributed by atoms with van der Waals surface area (Å²) >= 11 is 0. The number of phenolic OH excluding ortho intramolecular Hbond substituents is 1. The second kappa shape index (κ2) is 5.08. The molecule has 0 spiro atoms. The van der Waals surface area contributed by atoms with Crippen LogP contribution in [0, 0.1) is 0 Å². The Labute approximate surface area is 106 Å². The van der Waals surface area contributed by atoms with Crippen LogP contribution in [-0.2, 0) is 0 Å². The molecule has 0 saturated heterocycles. The van der Waals surface area contributed by atoms with Gasteiger partial charge in [0.2, 0.25) is 0 Å². The minimum atomic E-state index is -0.229. The highest BCUT2D eigenvalue weighted by atomic mass is 16.3. The second-order valence-electron chi connectivity index (χ2n) is 4.50. The van der Waals surface area contributed by atoms with Gasteiger partial charge in [0.1, 0.15) is 5.75 Å². The number of fused-ring (bicyclic) bond motifs is 1. The number of carbonyl (C=O) groups excluding carboxylic acids is 1. The predicted molar refractivity (Wildman–Crippen MR) is 72.8 cm³/mol. The molecule has 1 unspecified atom stereocenters. The molecule has 1 amide bonds. The van der Waals surface area contributed by atoms with Crippen LogP contribution in [0.15, 0.2) is 36.4 Å². The number of carbonyl (C=O) groups is 1. The van der Waals surface area contributed by atoms with Crippen LogP contribution in [0.4, 0.5) is 0 Å². The van der Waals surface area contributed by atoms with Gasteiger partial charge < -0.3 is 10.4 Å². The van der Waals surface area contributed by atoms with Gasteiger partial charge in [-0.15, -0.1) is 0 Å². The Hall–Kier alpha value is -2.03. The third-order valence-electron chi connectivity index (χ3n) is 3.10. The smallest absolute Gasteiger partial charge is 0.255 e. The molecular formula is C15H17NO2. The van der Waals surface area contributed by atoms with Crippen molar-refractivity contribution in [2.75, 3.05) is 0 Å². The first-order valence-corrected chi connectivity index (χ1v) is 6.14. The average Bonchev–Trinajstić information content (AvgIpc) is 2.37. The van der Waals surface area contributed by atoms with Crippen LogP contribution in [0.1, 0.15) is 30.6 Å². The Morgan fingerprint density at radius 2 is 1.89 bits per heavy atom. The van der Waals surface area contributed by atoms with Crippen molar-refractivity contribution in [1.29, 1.82) is 0 Å². The maximum absolute atomic E-state index is 12.0. The van der Waals surface area contributed by atoms with E-state index in [1.165, 1.54) is 0 Å². The van der Waals surface area contributed by atoms with Gasteiger partial charge in [-0.2, -0.15) is 0 Å². The van der Waals surface area contributed by atoms with Gasteiger partial charge in [-0.3, -0.25) is 4.79 Å². The van der Waals surface area contributed by atoms with Crippen LogP contribution in [0.3, 0.4) is 0 Å². The number of benzene rings is 2. The summed E-state index contributed by atoms with van der Waals surface area (Å²) in [5, 5.41) is 14.6. The summed E-state index contributed by atoms with van der Waals surface area (Å²) in [6.07, 6.45) is 0.861. The molecule has 0 aliphatic rings. The molecule has 3 nitrogen and oxygen atoms in total. The fourth-order valence-electron chi connectivity index (χ4n) is 1.81. The Morgan fingerprint density at radius 1 is 1.28 bits per heavy atom. The van der Waals surface area contributed by atoms with Crippen molar-refractivity contribution in [3.8, 4) is 5.75 Å². The SMILES string of the molecule is CCC(C)NC(=O)c1cc2ccccc2cc1O. The Balaban J connectivity index is 2.38. The third-order valence-corrected chi connectivity index (χ3v) is 3.10. The molecule has 2 aromatic rings. The summed E-state index contributed by atoms with van der Waals surface area (Å²) in [5.41, 5.74) is 0.328. The number of aromatic hydroxyl groups is 1. The minimum Gasteiger partial charge on any atom is -0.507 e. The van der Waals surface area contributed by atoms with Crippen LogP contribution in [0.25, 0.3) is 10.8 Å². The van der Waals surface area contributed by atoms with Gasteiger partial charge in [-0.05, 0) is 36.2 Å². The summed E-state index contributed by atoms with van der Waals surface area (Å²) in [7, 11) is 0. The van der Waals surface area contributed by atoms with Gasteiger partial charge >= 0.3 is 0 Å². The van der Waals surface area contributed by atoms with Crippen LogP contribution >= 0.6 is 0 Å². The van der Waals surface area contributed by atoms with E-state index >= 15 is 0 Å². The maximum Gasteiger partial charge on any atom is 0.255 e. The van der Waals surface area contributed by atoms with Gasteiger partial charge in [0.25, 0.3) is 5.91 Å². The van der Waals surface area contributed by atoms with E-state index in [-0.39, 0.29) is 17.7 Å². The zero-order valence-corrected chi connectivity index (χ0v) is 10.6. The lowest BCUT2D eigenvalue weighted by Gasteiger charge is -2.12. The van der Waals surface area contributed by atoms with Crippen molar-refractivity contribution >= 4 is 16.7 Å². The number of rotatable bonds is 3. The lowest BCUT2D eigenvalue weighted by molar-refractivity contribution is 0.0937. The Bertz CT molecular complexity index is 578. The summed E-state index contributed by atoms with van der Waals surface area (Å²) in [6, 6.07) is 11.1. The normalized spacial score (nSPS) is 12.3. The topological polar surface area (TPSA) is 49.3 Å². The van der Waals surface area contributed by atoms with Gasteiger partial charge in [-0.1, -0.05) is 31.2 Å². The molecule has 2 aromatic carbocycles. The number of phenols is 1. The number of nitrogens with one attached hydrogen (secondary N) is 1. The third kappa shape index (κ3) is 2.45. The first-order chi connectivity index (χ1) is 8.61. The van der Waals surface area contributed by atoms with E-state index in [0.717, 1.165) is 17.2 Å². The zero-order chi connectivity index (χ0) is 13.1. The molecule has 18 heavy (non-hydrogen) atoms. The highest BCUT2D eigenvalue weighted by Crippen LogP contribution is 2.24. The molecule has 0 bridgehead atoms. The first kappa shape index (κ1) is 12.4. The predicted octanol–water partition coefficient (Wildman–Crippen LogP) is 3.07. The lowest BCUT2D eigenvalue weighted by Crippen LogP contribution is -2.31. The van der Waals surface area contributed by atoms with Crippen molar-refractivity contribution in [2.24, 2.45) is 0 Å². The Kier molecular flexibility index (Phi) is 3.51. The zero-order valence-electron chi connectivity index (χ0n) is 10.6. The quantitative estimate of drug-likeness (QED) is 0.870. The van der Waals surface area contributed by atoms with E-state index in [1.807, 2.05) is 38.1 Å². The number of hydrogen-bond donors (Lipinski definition) is 2. The van der Waals surface area contributed by atoms with Crippen molar-refractivity contribution in [1.82, 2.24) is 5.32 Å². The largest absolute Gasteiger partial charge is 0.507 e. The molecule has 0 aromatic heterocycles. The monoisotopic (exact) mass is 243 g/mol. The fourth-order valence-corrected chi connectivity index (χ4v) is 1.81. The molecule has 0 aliphatic heterocycles. The second-order valence-corrected chi connectivity index (χ2v) is 4.50. The van der Waals surface area contributed by atoms with E-state index in [9.17, 15) is 9.90 Å². The van der Waals surface area contributed by atoms with Crippen LogP contribution in [-0.4, -0.2) is 17.1 Å². The van der Waals surface area contributed by atoms with E-state index in [0.29, 0.717) is 5.56 Å². The molecule has 94 valence electrons. The summed E-state index contributed by atoms with van der Waals surface area (Å²) in [4.78, 5) is 12.0. The Morgan fingerprint density at radius 3 is 2.50 bits per heavy atom. The number of hydrogen-bond acceptors (Lipinski definition) is 2. The average molecular weight is 243 g/mol. The maximum atomic E-state index is 12.0. The molecule has 0 aliphatic carbocycles. The fraction of sp³-hybridized carbons (Fsp3) is 0.267. The summed E-state index contributed by atoms with van der Waals surface area (Å²) in [6.45, 7) is 3.95. The molecule has 0 saturated carbocycles. The van der Waals surface area contributed by atoms with Crippen LogP contribution < -0.4 is 5.32 Å². The van der Waals surface area contributed by atoms with Crippen LogP contribution in [0.2, 0.25) is 0 Å². The van der Waals surface area contributed by atoms with E-state index in [1.54, 1.807) is 12.1 Å². The van der Waals surface area contributed by atoms with Crippen LogP contribution in [0.5, 0.6) is 5.75 Å². The molecule has 0 heterocycles. The molecule has 2 N–H and O–H groups in total. The van der Waals surface area contributed by atoms with Gasteiger partial charge in [0.05, 0.1) is 5.56 Å². The summed E-state index contributed by atoms with van der Waals surface area (Å²) < 4.78 is 0. The van der Waals surface area contributed by atoms with Gasteiger partial charge in [0.15, 0.2) is 0 Å². The van der Waals surface area contributed by atoms with E-state index in [2.05, 4.69) is 5.32 Å². The standard InChI is InChI=1S/C15H17NO2/c1-3-10(2)16-15(18)13-8-11-6-4-5-7-12(11)9-14(13)17/h4-10,17H,3H2,1-2H3,(H,16,18). The van der Waals surface area contributed by atoms with Crippen molar-refractivity contribution < 1.29 is 9.90 Å². The first-order valence-electron chi connectivity index (χ1n) is 6.14. The minimum absolute atomic E-state index is 0.0227. The molecule has 3 heteroatoms. The molecule has 1 atom stereocenters. The van der Waals surface area contributed by atoms with E-state index < -0.39 is 0 Å². The van der Waals surface area contributed by atoms with E-state index in [4.69, 9.17) is 0 Å². The van der Waals surface area contributed by atoms with Crippen molar-refractivity contribution in [3.05, 3.63) is 42.0 Å². The molecular weight excluding hydrogens is 226 g/mol. The lowest BCUT2D eigenvalue weighted by atomic mass is 10.1.